The van der Waals surface area contributed by atoms with Crippen molar-refractivity contribution >= 4 is 61.9 Å². The van der Waals surface area contributed by atoms with Crippen LogP contribution in [-0.2, 0) is 4.79 Å². The summed E-state index contributed by atoms with van der Waals surface area (Å²) in [6.45, 7) is 0. The first-order valence-corrected chi connectivity index (χ1v) is 10.5. The first kappa shape index (κ1) is 18.9. The van der Waals surface area contributed by atoms with E-state index in [9.17, 15) is 4.79 Å². The highest BCUT2D eigenvalue weighted by atomic mass is 79.9. The molecule has 0 aromatic heterocycles. The third-order valence-corrected chi connectivity index (χ3v) is 5.84. The number of carbonyl (C=O) groups is 1. The number of halogens is 1. The van der Waals surface area contributed by atoms with Gasteiger partial charge in [-0.2, -0.15) is 0 Å². The van der Waals surface area contributed by atoms with Crippen LogP contribution < -0.4 is 9.64 Å². The molecule has 1 heterocycles. The van der Waals surface area contributed by atoms with Gasteiger partial charge >= 0.3 is 0 Å². The smallest absolute Gasteiger partial charge is 0.270 e. The van der Waals surface area contributed by atoms with Gasteiger partial charge in [-0.05, 0) is 60.2 Å². The molecule has 28 heavy (non-hydrogen) atoms. The molecule has 1 fully saturated rings. The van der Waals surface area contributed by atoms with Crippen LogP contribution in [0.2, 0.25) is 0 Å². The normalized spacial score (nSPS) is 15.3. The Morgan fingerprint density at radius 1 is 0.929 bits per heavy atom. The number of carbonyl (C=O) groups excluding carboxylic acids is 1. The van der Waals surface area contributed by atoms with Crippen LogP contribution in [0.15, 0.2) is 88.2 Å². The third kappa shape index (κ3) is 4.19. The molecule has 6 heteroatoms. The number of benzene rings is 3. The molecule has 3 aromatic carbocycles. The molecule has 0 radical (unpaired) electrons. The van der Waals surface area contributed by atoms with Gasteiger partial charge in [-0.15, -0.1) is 0 Å². The molecule has 0 N–H and O–H groups in total. The highest BCUT2D eigenvalue weighted by Crippen LogP contribution is 2.36. The second kappa shape index (κ2) is 8.31. The Hall–Kier alpha value is -2.41. The number of para-hydroxylation sites is 1. The summed E-state index contributed by atoms with van der Waals surface area (Å²) in [5.41, 5.74) is 1.64. The van der Waals surface area contributed by atoms with Crippen LogP contribution in [0.5, 0.6) is 11.5 Å². The number of nitrogens with zero attached hydrogens (tertiary/aromatic N) is 1. The molecule has 0 atom stereocenters. The summed E-state index contributed by atoms with van der Waals surface area (Å²) in [5.74, 6) is 1.36. The van der Waals surface area contributed by atoms with Crippen molar-refractivity contribution in [3.8, 4) is 11.5 Å². The second-order valence-corrected chi connectivity index (χ2v) is 8.57. The number of hydrogen-bond donors (Lipinski definition) is 0. The van der Waals surface area contributed by atoms with Crippen molar-refractivity contribution in [2.75, 3.05) is 4.90 Å². The Bertz CT molecular complexity index is 1070. The van der Waals surface area contributed by atoms with E-state index >= 15 is 0 Å². The first-order chi connectivity index (χ1) is 13.6. The van der Waals surface area contributed by atoms with E-state index in [0.29, 0.717) is 15.0 Å². The van der Waals surface area contributed by atoms with Crippen molar-refractivity contribution in [3.05, 3.63) is 93.8 Å². The molecule has 1 amide bonds. The van der Waals surface area contributed by atoms with Gasteiger partial charge in [0.25, 0.3) is 5.91 Å². The molecule has 0 aliphatic carbocycles. The fourth-order valence-corrected chi connectivity index (χ4v) is 4.29. The lowest BCUT2D eigenvalue weighted by Crippen LogP contribution is -2.27. The minimum atomic E-state index is -0.119. The van der Waals surface area contributed by atoms with Gasteiger partial charge < -0.3 is 4.74 Å². The van der Waals surface area contributed by atoms with E-state index in [-0.39, 0.29) is 5.91 Å². The lowest BCUT2D eigenvalue weighted by Gasteiger charge is -2.14. The number of ether oxygens (including phenoxy) is 1. The number of amides is 1. The fraction of sp³-hybridized carbons (Fsp3) is 0. The monoisotopic (exact) mass is 467 g/mol. The lowest BCUT2D eigenvalue weighted by atomic mass is 10.2. The number of hydrogen-bond acceptors (Lipinski definition) is 4. The predicted molar refractivity (Wildman–Crippen MR) is 123 cm³/mol. The van der Waals surface area contributed by atoms with E-state index in [1.165, 1.54) is 11.8 Å². The average molecular weight is 468 g/mol. The van der Waals surface area contributed by atoms with Gasteiger partial charge in [-0.25, -0.2) is 0 Å². The van der Waals surface area contributed by atoms with Gasteiger partial charge in [0.15, 0.2) is 4.32 Å². The van der Waals surface area contributed by atoms with Gasteiger partial charge in [0, 0.05) is 4.47 Å². The van der Waals surface area contributed by atoms with Gasteiger partial charge in [-0.1, -0.05) is 70.2 Å². The molecule has 0 bridgehead atoms. The highest BCUT2D eigenvalue weighted by Gasteiger charge is 2.33. The molecule has 1 aliphatic heterocycles. The van der Waals surface area contributed by atoms with Crippen molar-refractivity contribution < 1.29 is 9.53 Å². The lowest BCUT2D eigenvalue weighted by molar-refractivity contribution is -0.113. The zero-order valence-corrected chi connectivity index (χ0v) is 17.8. The number of rotatable bonds is 4. The minimum Gasteiger partial charge on any atom is -0.457 e. The summed E-state index contributed by atoms with van der Waals surface area (Å²) in [4.78, 5) is 15.0. The van der Waals surface area contributed by atoms with Crippen LogP contribution in [0, 0.1) is 0 Å². The molecule has 0 saturated carbocycles. The number of thioether (sulfide) groups is 1. The van der Waals surface area contributed by atoms with Gasteiger partial charge in [0.05, 0.1) is 10.6 Å². The largest absolute Gasteiger partial charge is 0.457 e. The first-order valence-electron chi connectivity index (χ1n) is 8.47. The highest BCUT2D eigenvalue weighted by molar-refractivity contribution is 9.10. The maximum atomic E-state index is 12.9. The van der Waals surface area contributed by atoms with Crippen molar-refractivity contribution in [1.82, 2.24) is 0 Å². The Balaban J connectivity index is 1.57. The predicted octanol–water partition coefficient (Wildman–Crippen LogP) is 6.65. The van der Waals surface area contributed by atoms with Gasteiger partial charge in [0.1, 0.15) is 11.5 Å². The topological polar surface area (TPSA) is 29.5 Å². The summed E-state index contributed by atoms with van der Waals surface area (Å²) in [6.07, 6.45) is 1.84. The van der Waals surface area contributed by atoms with Crippen LogP contribution in [0.25, 0.3) is 6.08 Å². The SMILES string of the molecule is O=C1/C(=C\c2cccc(Oc3ccccc3)c2)SC(=S)N1c1ccc(Br)cc1. The number of anilines is 1. The Kier molecular flexibility index (Phi) is 5.62. The zero-order valence-electron chi connectivity index (χ0n) is 14.5. The summed E-state index contributed by atoms with van der Waals surface area (Å²) in [7, 11) is 0. The molecule has 1 aliphatic rings. The molecule has 1 saturated heterocycles. The second-order valence-electron chi connectivity index (χ2n) is 5.98. The van der Waals surface area contributed by atoms with E-state index in [1.807, 2.05) is 84.9 Å². The molecular weight excluding hydrogens is 454 g/mol. The maximum absolute atomic E-state index is 12.9. The Morgan fingerprint density at radius 3 is 2.39 bits per heavy atom. The van der Waals surface area contributed by atoms with Crippen molar-refractivity contribution in [1.29, 1.82) is 0 Å². The fourth-order valence-electron chi connectivity index (χ4n) is 2.72. The third-order valence-electron chi connectivity index (χ3n) is 4.01. The average Bonchev–Trinajstić information content (AvgIpc) is 2.97. The molecule has 0 unspecified atom stereocenters. The zero-order chi connectivity index (χ0) is 19.5. The summed E-state index contributed by atoms with van der Waals surface area (Å²) >= 11 is 10.1. The van der Waals surface area contributed by atoms with Crippen LogP contribution in [0.4, 0.5) is 5.69 Å². The van der Waals surface area contributed by atoms with Crippen LogP contribution >= 0.6 is 39.9 Å². The van der Waals surface area contributed by atoms with E-state index in [2.05, 4.69) is 15.9 Å². The Morgan fingerprint density at radius 2 is 1.64 bits per heavy atom. The van der Waals surface area contributed by atoms with Crippen molar-refractivity contribution in [3.63, 3.8) is 0 Å². The number of thiocarbonyl (C=S) groups is 1. The van der Waals surface area contributed by atoms with Gasteiger partial charge in [-0.3, -0.25) is 9.69 Å². The van der Waals surface area contributed by atoms with Crippen molar-refractivity contribution in [2.24, 2.45) is 0 Å². The Labute approximate surface area is 181 Å². The quantitative estimate of drug-likeness (QED) is 0.317. The molecule has 0 spiro atoms. The van der Waals surface area contributed by atoms with Crippen LogP contribution in [0.1, 0.15) is 5.56 Å². The van der Waals surface area contributed by atoms with Crippen LogP contribution in [-0.4, -0.2) is 10.2 Å². The van der Waals surface area contributed by atoms with E-state index < -0.39 is 0 Å². The molecule has 4 rings (SSSR count). The van der Waals surface area contributed by atoms with Crippen molar-refractivity contribution in [2.45, 2.75) is 0 Å². The molecular formula is C22H14BrNO2S2. The molecule has 138 valence electrons. The van der Waals surface area contributed by atoms with Gasteiger partial charge in [0.2, 0.25) is 0 Å². The summed E-state index contributed by atoms with van der Waals surface area (Å²) < 4.78 is 7.35. The molecule has 3 aromatic rings. The van der Waals surface area contributed by atoms with E-state index in [1.54, 1.807) is 4.90 Å². The van der Waals surface area contributed by atoms with Crippen LogP contribution in [0.3, 0.4) is 0 Å². The summed E-state index contributed by atoms with van der Waals surface area (Å²) in [5, 5.41) is 0. The van der Waals surface area contributed by atoms with E-state index in [0.717, 1.165) is 21.5 Å². The van der Waals surface area contributed by atoms with E-state index in [4.69, 9.17) is 17.0 Å². The summed E-state index contributed by atoms with van der Waals surface area (Å²) in [6, 6.07) is 24.7. The minimum absolute atomic E-state index is 0.119. The maximum Gasteiger partial charge on any atom is 0.270 e. The standard InChI is InChI=1S/C22H14BrNO2S2/c23-16-9-11-17(12-10-16)24-21(25)20(28-22(24)27)14-15-5-4-8-19(13-15)26-18-6-2-1-3-7-18/h1-14H/b20-14+. The molecule has 3 nitrogen and oxygen atoms in total.